The molecule has 1 rings (SSSR count). The van der Waals surface area contributed by atoms with E-state index in [1.807, 2.05) is 0 Å². The number of hydrogen-bond donors (Lipinski definition) is 1. The Hall–Kier alpha value is -1.91. The highest BCUT2D eigenvalue weighted by Gasteiger charge is 2.13. The normalized spacial score (nSPS) is 9.79. The molecule has 74 valence electrons. The van der Waals surface area contributed by atoms with Crippen LogP contribution in [-0.2, 0) is 6.42 Å². The van der Waals surface area contributed by atoms with Gasteiger partial charge in [-0.1, -0.05) is 6.92 Å². The first-order valence-electron chi connectivity index (χ1n) is 4.07. The maximum atomic E-state index is 10.7. The molecule has 0 atom stereocenters. The Morgan fingerprint density at radius 1 is 1.57 bits per heavy atom. The van der Waals surface area contributed by atoms with E-state index in [1.165, 1.54) is 18.2 Å². The molecule has 1 aromatic rings. The lowest BCUT2D eigenvalue weighted by Crippen LogP contribution is -2.02. The largest absolute Gasteiger partial charge is 0.478 e. The number of benzene rings is 1. The van der Waals surface area contributed by atoms with Crippen molar-refractivity contribution in [1.82, 2.24) is 0 Å². The van der Waals surface area contributed by atoms with Gasteiger partial charge in [0, 0.05) is 12.1 Å². The van der Waals surface area contributed by atoms with Gasteiger partial charge in [-0.25, -0.2) is 4.79 Å². The molecule has 0 fully saturated rings. The van der Waals surface area contributed by atoms with Crippen LogP contribution in [0.2, 0.25) is 0 Å². The number of carbonyl (C=O) groups is 1. The van der Waals surface area contributed by atoms with Gasteiger partial charge in [-0.15, -0.1) is 0 Å². The topological polar surface area (TPSA) is 80.4 Å². The third-order valence-electron chi connectivity index (χ3n) is 1.91. The minimum Gasteiger partial charge on any atom is -0.478 e. The summed E-state index contributed by atoms with van der Waals surface area (Å²) >= 11 is 0. The zero-order valence-electron chi connectivity index (χ0n) is 7.56. The molecule has 0 radical (unpaired) electrons. The van der Waals surface area contributed by atoms with Gasteiger partial charge in [-0.2, -0.15) is 0 Å². The molecular weight excluding hydrogens is 186 g/mol. The van der Waals surface area contributed by atoms with Crippen LogP contribution in [0.15, 0.2) is 18.2 Å². The van der Waals surface area contributed by atoms with Crippen LogP contribution in [0.1, 0.15) is 22.8 Å². The zero-order chi connectivity index (χ0) is 10.7. The van der Waals surface area contributed by atoms with Crippen LogP contribution < -0.4 is 0 Å². The molecule has 0 bridgehead atoms. The molecule has 0 heterocycles. The second kappa shape index (κ2) is 3.87. The highest BCUT2D eigenvalue weighted by atomic mass is 16.6. The molecule has 0 aliphatic heterocycles. The summed E-state index contributed by atoms with van der Waals surface area (Å²) in [6.45, 7) is 1.76. The first-order chi connectivity index (χ1) is 6.56. The van der Waals surface area contributed by atoms with Crippen molar-refractivity contribution in [2.24, 2.45) is 0 Å². The molecule has 0 saturated carbocycles. The van der Waals surface area contributed by atoms with Crippen LogP contribution in [-0.4, -0.2) is 16.0 Å². The van der Waals surface area contributed by atoms with E-state index < -0.39 is 10.9 Å². The van der Waals surface area contributed by atoms with E-state index in [4.69, 9.17) is 5.11 Å². The third kappa shape index (κ3) is 1.87. The van der Waals surface area contributed by atoms with Crippen LogP contribution >= 0.6 is 0 Å². The van der Waals surface area contributed by atoms with Crippen molar-refractivity contribution < 1.29 is 14.8 Å². The molecule has 1 aromatic carbocycles. The minimum atomic E-state index is -1.06. The van der Waals surface area contributed by atoms with Gasteiger partial charge in [0.2, 0.25) is 0 Å². The third-order valence-corrected chi connectivity index (χ3v) is 1.91. The van der Waals surface area contributed by atoms with Crippen molar-refractivity contribution >= 4 is 11.7 Å². The monoisotopic (exact) mass is 195 g/mol. The summed E-state index contributed by atoms with van der Waals surface area (Å²) in [4.78, 5) is 20.6. The van der Waals surface area contributed by atoms with Crippen LogP contribution in [0, 0.1) is 10.1 Å². The molecule has 0 saturated heterocycles. The summed E-state index contributed by atoms with van der Waals surface area (Å²) in [7, 11) is 0. The number of nitrogens with zero attached hydrogens (tertiary/aromatic N) is 1. The van der Waals surface area contributed by atoms with Crippen molar-refractivity contribution in [3.63, 3.8) is 0 Å². The molecule has 14 heavy (non-hydrogen) atoms. The molecule has 0 aromatic heterocycles. The van der Waals surface area contributed by atoms with E-state index in [9.17, 15) is 14.9 Å². The fourth-order valence-corrected chi connectivity index (χ4v) is 1.19. The highest BCUT2D eigenvalue weighted by molar-refractivity contribution is 5.89. The number of nitro benzene ring substituents is 1. The molecule has 1 N–H and O–H groups in total. The standard InChI is InChI=1S/C9H9NO4/c1-2-6-5-7(10(13)14)3-4-8(6)9(11)12/h3-5H,2H2,1H3,(H,11,12). The molecule has 0 spiro atoms. The molecule has 0 aliphatic carbocycles. The Kier molecular flexibility index (Phi) is 2.81. The number of aromatic carboxylic acids is 1. The van der Waals surface area contributed by atoms with Crippen molar-refractivity contribution in [1.29, 1.82) is 0 Å². The molecular formula is C9H9NO4. The van der Waals surface area contributed by atoms with E-state index in [2.05, 4.69) is 0 Å². The van der Waals surface area contributed by atoms with Gasteiger partial charge in [0.15, 0.2) is 0 Å². The Labute approximate surface area is 80.1 Å². The SMILES string of the molecule is CCc1cc([N+](=O)[O-])ccc1C(=O)O. The van der Waals surface area contributed by atoms with Gasteiger partial charge in [-0.05, 0) is 18.1 Å². The average molecular weight is 195 g/mol. The van der Waals surface area contributed by atoms with Gasteiger partial charge >= 0.3 is 5.97 Å². The quantitative estimate of drug-likeness (QED) is 0.589. The number of rotatable bonds is 3. The molecule has 5 heteroatoms. The summed E-state index contributed by atoms with van der Waals surface area (Å²) in [5.74, 6) is -1.06. The summed E-state index contributed by atoms with van der Waals surface area (Å²) in [5.41, 5.74) is 0.525. The fraction of sp³-hybridized carbons (Fsp3) is 0.222. The van der Waals surface area contributed by atoms with Crippen LogP contribution in [0.25, 0.3) is 0 Å². The van der Waals surface area contributed by atoms with Crippen molar-refractivity contribution in [2.75, 3.05) is 0 Å². The fourth-order valence-electron chi connectivity index (χ4n) is 1.19. The minimum absolute atomic E-state index is 0.0770. The zero-order valence-corrected chi connectivity index (χ0v) is 7.56. The second-order valence-corrected chi connectivity index (χ2v) is 2.76. The Bertz CT molecular complexity index is 386. The van der Waals surface area contributed by atoms with E-state index in [0.717, 1.165) is 0 Å². The lowest BCUT2D eigenvalue weighted by molar-refractivity contribution is -0.384. The predicted molar refractivity (Wildman–Crippen MR) is 49.4 cm³/mol. The average Bonchev–Trinajstić information content (AvgIpc) is 2.16. The van der Waals surface area contributed by atoms with E-state index in [-0.39, 0.29) is 11.3 Å². The molecule has 5 nitrogen and oxygen atoms in total. The van der Waals surface area contributed by atoms with Gasteiger partial charge in [0.05, 0.1) is 10.5 Å². The Morgan fingerprint density at radius 2 is 2.21 bits per heavy atom. The van der Waals surface area contributed by atoms with Crippen LogP contribution in [0.4, 0.5) is 5.69 Å². The van der Waals surface area contributed by atoms with Crippen molar-refractivity contribution in [3.8, 4) is 0 Å². The lowest BCUT2D eigenvalue weighted by atomic mass is 10.0. The number of non-ortho nitro benzene ring substituents is 1. The summed E-state index contributed by atoms with van der Waals surface area (Å²) in [6, 6.07) is 3.76. The van der Waals surface area contributed by atoms with Gasteiger partial charge in [0.1, 0.15) is 0 Å². The van der Waals surface area contributed by atoms with Crippen LogP contribution in [0.5, 0.6) is 0 Å². The number of carboxylic acid groups (broad SMARTS) is 1. The second-order valence-electron chi connectivity index (χ2n) is 2.76. The van der Waals surface area contributed by atoms with E-state index in [1.54, 1.807) is 6.92 Å². The highest BCUT2D eigenvalue weighted by Crippen LogP contribution is 2.18. The van der Waals surface area contributed by atoms with Crippen molar-refractivity contribution in [3.05, 3.63) is 39.4 Å². The van der Waals surface area contributed by atoms with Crippen molar-refractivity contribution in [2.45, 2.75) is 13.3 Å². The number of nitro groups is 1. The number of carboxylic acids is 1. The summed E-state index contributed by atoms with van der Waals surface area (Å²) in [5, 5.41) is 19.2. The van der Waals surface area contributed by atoms with Crippen LogP contribution in [0.3, 0.4) is 0 Å². The maximum absolute atomic E-state index is 10.7. The maximum Gasteiger partial charge on any atom is 0.335 e. The Morgan fingerprint density at radius 3 is 2.64 bits per heavy atom. The lowest BCUT2D eigenvalue weighted by Gasteiger charge is -2.02. The Balaban J connectivity index is 3.25. The predicted octanol–water partition coefficient (Wildman–Crippen LogP) is 1.86. The summed E-state index contributed by atoms with van der Waals surface area (Å²) < 4.78 is 0. The first kappa shape index (κ1) is 10.2. The molecule has 0 unspecified atom stereocenters. The van der Waals surface area contributed by atoms with Gasteiger partial charge in [0.25, 0.3) is 5.69 Å². The van der Waals surface area contributed by atoms with E-state index in [0.29, 0.717) is 12.0 Å². The van der Waals surface area contributed by atoms with Gasteiger partial charge in [-0.3, -0.25) is 10.1 Å². The molecule has 0 aliphatic rings. The van der Waals surface area contributed by atoms with Gasteiger partial charge < -0.3 is 5.11 Å². The first-order valence-corrected chi connectivity index (χ1v) is 4.07. The number of aryl methyl sites for hydroxylation is 1. The van der Waals surface area contributed by atoms with E-state index >= 15 is 0 Å². The number of hydrogen-bond acceptors (Lipinski definition) is 3. The molecule has 0 amide bonds. The smallest absolute Gasteiger partial charge is 0.335 e. The summed E-state index contributed by atoms with van der Waals surface area (Å²) in [6.07, 6.45) is 0.462.